The highest BCUT2D eigenvalue weighted by molar-refractivity contribution is 5.93. The van der Waals surface area contributed by atoms with Crippen LogP contribution in [0, 0.1) is 6.92 Å². The number of hydrogen-bond donors (Lipinski definition) is 1. The number of oxazole rings is 1. The summed E-state index contributed by atoms with van der Waals surface area (Å²) >= 11 is 0. The van der Waals surface area contributed by atoms with Gasteiger partial charge in [-0.05, 0) is 53.8 Å². The van der Waals surface area contributed by atoms with Gasteiger partial charge in [0.2, 0.25) is 0 Å². The summed E-state index contributed by atoms with van der Waals surface area (Å²) in [5, 5.41) is 2.88. The Labute approximate surface area is 182 Å². The number of anilines is 1. The number of benzene rings is 3. The number of carbonyl (C=O) groups is 1. The first kappa shape index (κ1) is 20.7. The van der Waals surface area contributed by atoms with E-state index in [4.69, 9.17) is 9.15 Å². The van der Waals surface area contributed by atoms with Gasteiger partial charge < -0.3 is 14.5 Å². The minimum atomic E-state index is -0.219. The lowest BCUT2D eigenvalue weighted by atomic mass is 10.0. The molecule has 4 aromatic rings. The Hall–Kier alpha value is -3.60. The number of nitrogens with zero attached hydrogens (tertiary/aromatic N) is 1. The van der Waals surface area contributed by atoms with Crippen molar-refractivity contribution < 1.29 is 13.9 Å². The first-order chi connectivity index (χ1) is 15.0. The summed E-state index contributed by atoms with van der Waals surface area (Å²) in [5.74, 6) is 1.50. The van der Waals surface area contributed by atoms with Crippen molar-refractivity contribution in [3.63, 3.8) is 0 Å². The largest absolute Gasteiger partial charge is 0.483 e. The maximum atomic E-state index is 12.5. The third-order valence-corrected chi connectivity index (χ3v) is 5.06. The molecule has 0 radical (unpaired) electrons. The van der Waals surface area contributed by atoms with Crippen LogP contribution in [0.5, 0.6) is 5.75 Å². The van der Waals surface area contributed by atoms with Crippen molar-refractivity contribution in [3.8, 4) is 5.75 Å². The highest BCUT2D eigenvalue weighted by atomic mass is 16.5. The zero-order chi connectivity index (χ0) is 21.8. The molecule has 1 aromatic heterocycles. The SMILES string of the molecule is Cc1ccc(C(C)C)c(OCC(=O)Nc2ccc3oc(Cc4ccccc4)nc3c2)c1. The van der Waals surface area contributed by atoms with Gasteiger partial charge in [-0.2, -0.15) is 0 Å². The highest BCUT2D eigenvalue weighted by Crippen LogP contribution is 2.27. The van der Waals surface area contributed by atoms with Gasteiger partial charge in [0, 0.05) is 12.1 Å². The lowest BCUT2D eigenvalue weighted by molar-refractivity contribution is -0.118. The van der Waals surface area contributed by atoms with Gasteiger partial charge in [0.1, 0.15) is 11.3 Å². The summed E-state index contributed by atoms with van der Waals surface area (Å²) in [6.45, 7) is 6.17. The molecular weight excluding hydrogens is 388 g/mol. The van der Waals surface area contributed by atoms with E-state index in [1.165, 1.54) is 0 Å². The van der Waals surface area contributed by atoms with Gasteiger partial charge in [-0.3, -0.25) is 4.79 Å². The van der Waals surface area contributed by atoms with Crippen molar-refractivity contribution in [2.24, 2.45) is 0 Å². The molecule has 0 aliphatic rings. The molecule has 0 spiro atoms. The first-order valence-electron chi connectivity index (χ1n) is 10.4. The van der Waals surface area contributed by atoms with Crippen LogP contribution in [-0.2, 0) is 11.2 Å². The molecule has 0 fully saturated rings. The third-order valence-electron chi connectivity index (χ3n) is 5.06. The molecule has 0 aliphatic heterocycles. The smallest absolute Gasteiger partial charge is 0.262 e. The zero-order valence-corrected chi connectivity index (χ0v) is 18.0. The predicted octanol–water partition coefficient (Wildman–Crippen LogP) is 5.87. The maximum absolute atomic E-state index is 12.5. The lowest BCUT2D eigenvalue weighted by Gasteiger charge is -2.14. The van der Waals surface area contributed by atoms with E-state index < -0.39 is 0 Å². The quantitative estimate of drug-likeness (QED) is 0.411. The summed E-state index contributed by atoms with van der Waals surface area (Å²) in [5.41, 5.74) is 5.40. The molecule has 0 saturated heterocycles. The standard InChI is InChI=1S/C26H26N2O3/c1-17(2)21-11-9-18(3)13-24(21)30-16-25(29)27-20-10-12-23-22(15-20)28-26(31-23)14-19-7-5-4-6-8-19/h4-13,15,17H,14,16H2,1-3H3,(H,27,29). The van der Waals surface area contributed by atoms with Gasteiger partial charge in [0.25, 0.3) is 5.91 Å². The van der Waals surface area contributed by atoms with E-state index in [0.29, 0.717) is 35.0 Å². The molecule has 158 valence electrons. The van der Waals surface area contributed by atoms with Gasteiger partial charge in [-0.25, -0.2) is 4.98 Å². The molecular formula is C26H26N2O3. The van der Waals surface area contributed by atoms with Crippen molar-refractivity contribution in [2.75, 3.05) is 11.9 Å². The topological polar surface area (TPSA) is 64.4 Å². The second-order valence-electron chi connectivity index (χ2n) is 7.99. The van der Waals surface area contributed by atoms with Gasteiger partial charge in [0.05, 0.1) is 0 Å². The Morgan fingerprint density at radius 2 is 1.87 bits per heavy atom. The second-order valence-corrected chi connectivity index (χ2v) is 7.99. The monoisotopic (exact) mass is 414 g/mol. The minimum absolute atomic E-state index is 0.0563. The van der Waals surface area contributed by atoms with Crippen LogP contribution in [0.15, 0.2) is 71.1 Å². The molecule has 0 atom stereocenters. The van der Waals surface area contributed by atoms with E-state index in [-0.39, 0.29) is 12.5 Å². The first-order valence-corrected chi connectivity index (χ1v) is 10.4. The van der Waals surface area contributed by atoms with Crippen molar-refractivity contribution in [1.29, 1.82) is 0 Å². The average molecular weight is 415 g/mol. The predicted molar refractivity (Wildman–Crippen MR) is 123 cm³/mol. The number of ether oxygens (including phenoxy) is 1. The molecule has 1 heterocycles. The van der Waals surface area contributed by atoms with Crippen LogP contribution < -0.4 is 10.1 Å². The van der Waals surface area contributed by atoms with Crippen LogP contribution in [0.2, 0.25) is 0 Å². The fraction of sp³-hybridized carbons (Fsp3) is 0.231. The van der Waals surface area contributed by atoms with Gasteiger partial charge in [-0.15, -0.1) is 0 Å². The molecule has 1 N–H and O–H groups in total. The van der Waals surface area contributed by atoms with E-state index in [2.05, 4.69) is 36.3 Å². The van der Waals surface area contributed by atoms with Crippen LogP contribution in [-0.4, -0.2) is 17.5 Å². The molecule has 0 bridgehead atoms. The zero-order valence-electron chi connectivity index (χ0n) is 18.0. The Morgan fingerprint density at radius 3 is 2.65 bits per heavy atom. The normalized spacial score (nSPS) is 11.1. The molecule has 0 unspecified atom stereocenters. The fourth-order valence-corrected chi connectivity index (χ4v) is 3.48. The molecule has 0 saturated carbocycles. The van der Waals surface area contributed by atoms with Gasteiger partial charge in [0.15, 0.2) is 18.1 Å². The third kappa shape index (κ3) is 5.12. The van der Waals surface area contributed by atoms with Crippen molar-refractivity contribution >= 4 is 22.7 Å². The van der Waals surface area contributed by atoms with E-state index >= 15 is 0 Å². The number of rotatable bonds is 7. The van der Waals surface area contributed by atoms with E-state index in [0.717, 1.165) is 22.4 Å². The fourth-order valence-electron chi connectivity index (χ4n) is 3.48. The maximum Gasteiger partial charge on any atom is 0.262 e. The Morgan fingerprint density at radius 1 is 1.06 bits per heavy atom. The summed E-state index contributed by atoms with van der Waals surface area (Å²) in [4.78, 5) is 17.0. The number of fused-ring (bicyclic) bond motifs is 1. The van der Waals surface area contributed by atoms with Crippen LogP contribution in [0.3, 0.4) is 0 Å². The van der Waals surface area contributed by atoms with Gasteiger partial charge >= 0.3 is 0 Å². The van der Waals surface area contributed by atoms with Crippen molar-refractivity contribution in [2.45, 2.75) is 33.1 Å². The second kappa shape index (κ2) is 9.04. The van der Waals surface area contributed by atoms with Crippen LogP contribution in [0.4, 0.5) is 5.69 Å². The number of hydrogen-bond acceptors (Lipinski definition) is 4. The lowest BCUT2D eigenvalue weighted by Crippen LogP contribution is -2.20. The Balaban J connectivity index is 1.41. The molecule has 1 amide bonds. The molecule has 0 aliphatic carbocycles. The van der Waals surface area contributed by atoms with Crippen LogP contribution in [0.25, 0.3) is 11.1 Å². The number of nitrogens with one attached hydrogen (secondary N) is 1. The molecule has 31 heavy (non-hydrogen) atoms. The van der Waals surface area contributed by atoms with E-state index in [1.807, 2.05) is 61.5 Å². The Bertz CT molecular complexity index is 1200. The summed E-state index contributed by atoms with van der Waals surface area (Å²) in [6, 6.07) is 21.6. The Kier molecular flexibility index (Phi) is 6.03. The molecule has 5 nitrogen and oxygen atoms in total. The average Bonchev–Trinajstić information content (AvgIpc) is 3.14. The number of aryl methyl sites for hydroxylation is 1. The number of amides is 1. The molecule has 3 aromatic carbocycles. The molecule has 4 rings (SSSR count). The highest BCUT2D eigenvalue weighted by Gasteiger charge is 2.12. The summed E-state index contributed by atoms with van der Waals surface area (Å²) < 4.78 is 11.7. The van der Waals surface area contributed by atoms with Crippen molar-refractivity contribution in [3.05, 3.63) is 89.3 Å². The summed E-state index contributed by atoms with van der Waals surface area (Å²) in [7, 11) is 0. The van der Waals surface area contributed by atoms with E-state index in [9.17, 15) is 4.79 Å². The molecule has 5 heteroatoms. The summed E-state index contributed by atoms with van der Waals surface area (Å²) in [6.07, 6.45) is 0.625. The minimum Gasteiger partial charge on any atom is -0.483 e. The number of aromatic nitrogens is 1. The van der Waals surface area contributed by atoms with E-state index in [1.54, 1.807) is 0 Å². The van der Waals surface area contributed by atoms with Gasteiger partial charge in [-0.1, -0.05) is 56.3 Å². The van der Waals surface area contributed by atoms with Crippen LogP contribution >= 0.6 is 0 Å². The van der Waals surface area contributed by atoms with Crippen molar-refractivity contribution in [1.82, 2.24) is 4.98 Å². The van der Waals surface area contributed by atoms with Crippen LogP contribution in [0.1, 0.15) is 42.3 Å². The number of carbonyl (C=O) groups excluding carboxylic acids is 1.